The fourth-order valence-electron chi connectivity index (χ4n) is 1.51. The molecule has 5 nitrogen and oxygen atoms in total. The first-order valence-electron chi connectivity index (χ1n) is 6.31. The molecule has 0 aliphatic rings. The molecular weight excluding hydrogens is 260 g/mol. The number of nitrogens with zero attached hydrogens (tertiary/aromatic N) is 2. The van der Waals surface area contributed by atoms with Gasteiger partial charge in [0.15, 0.2) is 16.7 Å². The topological polar surface area (TPSA) is 76.4 Å². The number of hydrogen-bond donors (Lipinski definition) is 2. The van der Waals surface area contributed by atoms with Gasteiger partial charge in [-0.1, -0.05) is 13.3 Å². The lowest BCUT2D eigenvalue weighted by Gasteiger charge is -2.03. The average molecular weight is 278 g/mol. The number of hydrogen-bond acceptors (Lipinski definition) is 4. The number of guanidine groups is 1. The summed E-state index contributed by atoms with van der Waals surface area (Å²) in [5.74, 6) is 1.26. The predicted molar refractivity (Wildman–Crippen MR) is 78.1 cm³/mol. The zero-order valence-electron chi connectivity index (χ0n) is 10.9. The summed E-state index contributed by atoms with van der Waals surface area (Å²) in [5, 5.41) is 5.91. The Morgan fingerprint density at radius 3 is 3.21 bits per heavy atom. The van der Waals surface area contributed by atoms with E-state index in [2.05, 4.69) is 22.2 Å². The summed E-state index contributed by atoms with van der Waals surface area (Å²) >= 11 is 1.55. The van der Waals surface area contributed by atoms with Gasteiger partial charge in [0.05, 0.1) is 18.5 Å². The van der Waals surface area contributed by atoms with Crippen molar-refractivity contribution in [1.82, 2.24) is 10.3 Å². The normalized spacial score (nSPS) is 11.7. The highest BCUT2D eigenvalue weighted by Gasteiger charge is 2.06. The molecule has 6 heteroatoms. The third-order valence-corrected chi connectivity index (χ3v) is 3.44. The molecule has 2 aromatic heterocycles. The van der Waals surface area contributed by atoms with Crippen LogP contribution in [0.3, 0.4) is 0 Å². The Hall–Kier alpha value is -1.82. The number of rotatable bonds is 6. The molecule has 19 heavy (non-hydrogen) atoms. The summed E-state index contributed by atoms with van der Waals surface area (Å²) < 4.78 is 5.30. The van der Waals surface area contributed by atoms with E-state index in [0.29, 0.717) is 12.5 Å². The third kappa shape index (κ3) is 4.10. The molecule has 0 aromatic carbocycles. The lowest BCUT2D eigenvalue weighted by atomic mass is 10.3. The number of unbranched alkanes of at least 4 members (excludes halogenated alkanes) is 1. The smallest absolute Gasteiger partial charge is 0.188 e. The van der Waals surface area contributed by atoms with Gasteiger partial charge in [0.25, 0.3) is 0 Å². The van der Waals surface area contributed by atoms with Crippen LogP contribution in [0.2, 0.25) is 0 Å². The van der Waals surface area contributed by atoms with Gasteiger partial charge in [-0.3, -0.25) is 0 Å². The minimum absolute atomic E-state index is 0.473. The van der Waals surface area contributed by atoms with Crippen LogP contribution in [-0.2, 0) is 6.54 Å². The molecule has 0 fully saturated rings. The predicted octanol–water partition coefficient (Wildman–Crippen LogP) is 2.61. The van der Waals surface area contributed by atoms with Gasteiger partial charge in [0.1, 0.15) is 0 Å². The number of aliphatic imine (C=N–C) groups is 1. The molecule has 2 aromatic rings. The number of aromatic nitrogens is 1. The van der Waals surface area contributed by atoms with Crippen LogP contribution >= 0.6 is 11.3 Å². The van der Waals surface area contributed by atoms with E-state index in [1.165, 1.54) is 0 Å². The molecule has 0 aliphatic carbocycles. The molecule has 0 spiro atoms. The van der Waals surface area contributed by atoms with Gasteiger partial charge >= 0.3 is 0 Å². The van der Waals surface area contributed by atoms with Gasteiger partial charge in [0.2, 0.25) is 0 Å². The Bertz CT molecular complexity index is 518. The van der Waals surface area contributed by atoms with E-state index in [1.54, 1.807) is 17.6 Å². The molecule has 0 radical (unpaired) electrons. The van der Waals surface area contributed by atoms with Crippen LogP contribution in [0, 0.1) is 0 Å². The third-order valence-electron chi connectivity index (χ3n) is 2.53. The zero-order chi connectivity index (χ0) is 13.5. The first-order valence-corrected chi connectivity index (χ1v) is 7.19. The first kappa shape index (κ1) is 13.6. The molecule has 3 N–H and O–H groups in total. The maximum Gasteiger partial charge on any atom is 0.188 e. The maximum absolute atomic E-state index is 5.76. The van der Waals surface area contributed by atoms with E-state index in [9.17, 15) is 0 Å². The molecule has 102 valence electrons. The summed E-state index contributed by atoms with van der Waals surface area (Å²) in [5.41, 5.74) is 6.66. The highest BCUT2D eigenvalue weighted by atomic mass is 32.1. The largest absolute Gasteiger partial charge is 0.462 e. The Labute approximate surface area is 116 Å². The van der Waals surface area contributed by atoms with Crippen molar-refractivity contribution in [2.24, 2.45) is 10.7 Å². The van der Waals surface area contributed by atoms with Crippen molar-refractivity contribution in [2.75, 3.05) is 6.54 Å². The fourth-order valence-corrected chi connectivity index (χ4v) is 2.29. The van der Waals surface area contributed by atoms with Crippen LogP contribution in [0.1, 0.15) is 25.5 Å². The lowest BCUT2D eigenvalue weighted by Crippen LogP contribution is -2.32. The standard InChI is InChI=1S/C13H18N4OS/c1-2-3-6-15-13(14)16-8-10-9-19-12(17-10)11-5-4-7-18-11/h4-5,7,9H,2-3,6,8H2,1H3,(H3,14,15,16). The second-order valence-corrected chi connectivity index (χ2v) is 4.96. The Balaban J connectivity index is 1.88. The van der Waals surface area contributed by atoms with Gasteiger partial charge in [0, 0.05) is 11.9 Å². The van der Waals surface area contributed by atoms with Crippen LogP contribution in [0.5, 0.6) is 0 Å². The van der Waals surface area contributed by atoms with Crippen molar-refractivity contribution in [3.63, 3.8) is 0 Å². The molecule has 2 rings (SSSR count). The van der Waals surface area contributed by atoms with Crippen molar-refractivity contribution in [2.45, 2.75) is 26.3 Å². The fraction of sp³-hybridized carbons (Fsp3) is 0.385. The summed E-state index contributed by atoms with van der Waals surface area (Å²) in [7, 11) is 0. The Kier molecular flexibility index (Phi) is 4.97. The lowest BCUT2D eigenvalue weighted by molar-refractivity contribution is 0.581. The highest BCUT2D eigenvalue weighted by molar-refractivity contribution is 7.13. The number of nitrogens with one attached hydrogen (secondary N) is 1. The van der Waals surface area contributed by atoms with Crippen LogP contribution in [0.4, 0.5) is 0 Å². The second kappa shape index (κ2) is 6.94. The van der Waals surface area contributed by atoms with E-state index in [0.717, 1.165) is 35.8 Å². The molecular formula is C13H18N4OS. The van der Waals surface area contributed by atoms with Crippen LogP contribution in [0.25, 0.3) is 10.8 Å². The molecule has 0 aliphatic heterocycles. The van der Waals surface area contributed by atoms with Crippen molar-refractivity contribution < 1.29 is 4.42 Å². The van der Waals surface area contributed by atoms with E-state index in [1.807, 2.05) is 17.5 Å². The minimum Gasteiger partial charge on any atom is -0.462 e. The maximum atomic E-state index is 5.76. The van der Waals surface area contributed by atoms with E-state index in [-0.39, 0.29) is 0 Å². The van der Waals surface area contributed by atoms with Crippen LogP contribution in [0.15, 0.2) is 33.2 Å². The van der Waals surface area contributed by atoms with Gasteiger partial charge in [-0.2, -0.15) is 0 Å². The molecule has 0 bridgehead atoms. The van der Waals surface area contributed by atoms with Crippen molar-refractivity contribution in [3.8, 4) is 10.8 Å². The van der Waals surface area contributed by atoms with Gasteiger partial charge < -0.3 is 15.5 Å². The molecule has 0 unspecified atom stereocenters. The molecule has 0 saturated carbocycles. The number of thiazole rings is 1. The Morgan fingerprint density at radius 2 is 2.47 bits per heavy atom. The van der Waals surface area contributed by atoms with Crippen LogP contribution in [-0.4, -0.2) is 17.5 Å². The average Bonchev–Trinajstić information content (AvgIpc) is 3.07. The van der Waals surface area contributed by atoms with E-state index in [4.69, 9.17) is 10.2 Å². The first-order chi connectivity index (χ1) is 9.29. The quantitative estimate of drug-likeness (QED) is 0.484. The summed E-state index contributed by atoms with van der Waals surface area (Å²) in [4.78, 5) is 8.71. The summed E-state index contributed by atoms with van der Waals surface area (Å²) in [6, 6.07) is 3.75. The van der Waals surface area contributed by atoms with Crippen molar-refractivity contribution in [1.29, 1.82) is 0 Å². The second-order valence-electron chi connectivity index (χ2n) is 4.10. The summed E-state index contributed by atoms with van der Waals surface area (Å²) in [6.07, 6.45) is 3.87. The Morgan fingerprint density at radius 1 is 1.58 bits per heavy atom. The van der Waals surface area contributed by atoms with Crippen LogP contribution < -0.4 is 11.1 Å². The summed E-state index contributed by atoms with van der Waals surface area (Å²) in [6.45, 7) is 3.49. The minimum atomic E-state index is 0.473. The van der Waals surface area contributed by atoms with Gasteiger partial charge in [-0.25, -0.2) is 9.98 Å². The highest BCUT2D eigenvalue weighted by Crippen LogP contribution is 2.24. The van der Waals surface area contributed by atoms with E-state index < -0.39 is 0 Å². The SMILES string of the molecule is CCCCNC(N)=NCc1csc(-c2ccco2)n1. The molecule has 2 heterocycles. The van der Waals surface area contributed by atoms with Gasteiger partial charge in [-0.05, 0) is 18.6 Å². The molecule has 0 amide bonds. The molecule has 0 atom stereocenters. The van der Waals surface area contributed by atoms with Gasteiger partial charge in [-0.15, -0.1) is 11.3 Å². The number of nitrogens with two attached hydrogens (primary N) is 1. The number of furan rings is 1. The van der Waals surface area contributed by atoms with Crippen molar-refractivity contribution >= 4 is 17.3 Å². The zero-order valence-corrected chi connectivity index (χ0v) is 11.7. The van der Waals surface area contributed by atoms with E-state index >= 15 is 0 Å². The van der Waals surface area contributed by atoms with Crippen molar-refractivity contribution in [3.05, 3.63) is 29.5 Å². The monoisotopic (exact) mass is 278 g/mol. The molecule has 0 saturated heterocycles.